The summed E-state index contributed by atoms with van der Waals surface area (Å²) in [6.07, 6.45) is 0. The van der Waals surface area contributed by atoms with Crippen molar-refractivity contribution in [1.29, 1.82) is 0 Å². The van der Waals surface area contributed by atoms with Crippen LogP contribution in [0.1, 0.15) is 27.6 Å². The molecule has 2 aromatic carbocycles. The number of ether oxygens (including phenoxy) is 1. The zero-order valence-corrected chi connectivity index (χ0v) is 22.4. The van der Waals surface area contributed by atoms with Crippen molar-refractivity contribution in [3.8, 4) is 5.75 Å². The zero-order chi connectivity index (χ0) is 25.3. The Morgan fingerprint density at radius 2 is 1.63 bits per heavy atom. The van der Waals surface area contributed by atoms with Crippen LogP contribution in [0.4, 0.5) is 5.82 Å². The fourth-order valence-electron chi connectivity index (χ4n) is 3.13. The van der Waals surface area contributed by atoms with E-state index in [0.717, 1.165) is 11.3 Å². The minimum atomic E-state index is -0.479. The summed E-state index contributed by atoms with van der Waals surface area (Å²) in [6.45, 7) is 2.26. The quantitative estimate of drug-likeness (QED) is 0.172. The number of benzene rings is 2. The summed E-state index contributed by atoms with van der Waals surface area (Å²) in [4.78, 5) is 12.7. The first-order chi connectivity index (χ1) is 16.7. The van der Waals surface area contributed by atoms with Gasteiger partial charge in [0.2, 0.25) is 0 Å². The Bertz CT molecular complexity index is 1390. The Hall–Kier alpha value is -2.06. The van der Waals surface area contributed by atoms with Gasteiger partial charge in [0.25, 0.3) is 5.91 Å². The topological polar surface area (TPSA) is 69.3 Å². The predicted molar refractivity (Wildman–Crippen MR) is 140 cm³/mol. The zero-order valence-electron chi connectivity index (χ0n) is 17.8. The number of carbonyl (C=O) groups excluding carboxylic acids is 1. The molecule has 0 atom stereocenters. The van der Waals surface area contributed by atoms with Crippen LogP contribution in [0.5, 0.6) is 5.75 Å². The van der Waals surface area contributed by atoms with Crippen molar-refractivity contribution >= 4 is 81.3 Å². The van der Waals surface area contributed by atoms with Gasteiger partial charge < -0.3 is 14.5 Å². The van der Waals surface area contributed by atoms with Crippen molar-refractivity contribution in [2.45, 2.75) is 20.1 Å². The molecule has 0 aliphatic rings. The Kier molecular flexibility index (Phi) is 8.11. The highest BCUT2D eigenvalue weighted by atomic mass is 35.5. The van der Waals surface area contributed by atoms with Gasteiger partial charge in [-0.25, -0.2) is 0 Å². The molecule has 12 heteroatoms. The van der Waals surface area contributed by atoms with E-state index in [4.69, 9.17) is 78.8 Å². The number of hydrogen-bond donors (Lipinski definition) is 1. The first-order valence-electron chi connectivity index (χ1n) is 9.97. The van der Waals surface area contributed by atoms with Crippen molar-refractivity contribution in [2.75, 3.05) is 5.32 Å². The van der Waals surface area contributed by atoms with Crippen molar-refractivity contribution in [3.63, 3.8) is 0 Å². The average Bonchev–Trinajstić information content (AvgIpc) is 3.44. The van der Waals surface area contributed by atoms with Crippen LogP contribution >= 0.6 is 69.6 Å². The van der Waals surface area contributed by atoms with Gasteiger partial charge in [0.15, 0.2) is 17.3 Å². The molecule has 4 rings (SSSR count). The van der Waals surface area contributed by atoms with Gasteiger partial charge in [0, 0.05) is 16.8 Å². The van der Waals surface area contributed by atoms with E-state index in [9.17, 15) is 4.79 Å². The molecule has 4 aromatic rings. The SMILES string of the molecule is Cc1cc(NC(=O)c2ccc(COc3c(Cl)c(Cl)c(Cl)c(Cl)c3Cl)o2)nn1Cc1ccccc1Cl. The monoisotopic (exact) mass is 591 g/mol. The van der Waals surface area contributed by atoms with E-state index in [0.29, 0.717) is 23.1 Å². The highest BCUT2D eigenvalue weighted by molar-refractivity contribution is 6.55. The molecular formula is C23H15Cl6N3O3. The molecule has 0 saturated heterocycles. The van der Waals surface area contributed by atoms with Gasteiger partial charge in [-0.2, -0.15) is 5.10 Å². The minimum Gasteiger partial charge on any atom is -0.482 e. The van der Waals surface area contributed by atoms with Crippen LogP contribution < -0.4 is 10.1 Å². The van der Waals surface area contributed by atoms with Crippen LogP contribution in [-0.4, -0.2) is 15.7 Å². The number of rotatable bonds is 7. The molecule has 2 aromatic heterocycles. The second-order valence-electron chi connectivity index (χ2n) is 7.33. The summed E-state index contributed by atoms with van der Waals surface area (Å²) in [5.41, 5.74) is 1.76. The van der Waals surface area contributed by atoms with Crippen LogP contribution in [0.15, 0.2) is 46.9 Å². The summed E-state index contributed by atoms with van der Waals surface area (Å²) in [5, 5.41) is 7.87. The summed E-state index contributed by atoms with van der Waals surface area (Å²) < 4.78 is 13.0. The van der Waals surface area contributed by atoms with E-state index in [1.165, 1.54) is 6.07 Å². The van der Waals surface area contributed by atoms with Crippen LogP contribution in [0.3, 0.4) is 0 Å². The largest absolute Gasteiger partial charge is 0.482 e. The first-order valence-corrected chi connectivity index (χ1v) is 12.2. The average molecular weight is 594 g/mol. The fraction of sp³-hybridized carbons (Fsp3) is 0.130. The maximum Gasteiger partial charge on any atom is 0.292 e. The Morgan fingerprint density at radius 1 is 0.971 bits per heavy atom. The van der Waals surface area contributed by atoms with E-state index in [-0.39, 0.29) is 43.2 Å². The van der Waals surface area contributed by atoms with Gasteiger partial charge >= 0.3 is 0 Å². The highest BCUT2D eigenvalue weighted by Gasteiger charge is 2.21. The van der Waals surface area contributed by atoms with Gasteiger partial charge in [0.05, 0.1) is 21.6 Å². The fourth-order valence-corrected chi connectivity index (χ4v) is 4.56. The highest BCUT2D eigenvalue weighted by Crippen LogP contribution is 2.48. The third-order valence-corrected chi connectivity index (χ3v) is 7.53. The van der Waals surface area contributed by atoms with Crippen LogP contribution in [0, 0.1) is 6.92 Å². The van der Waals surface area contributed by atoms with E-state index < -0.39 is 5.91 Å². The molecule has 182 valence electrons. The van der Waals surface area contributed by atoms with Gasteiger partial charge in [-0.3, -0.25) is 9.48 Å². The molecule has 1 amide bonds. The maximum absolute atomic E-state index is 12.7. The van der Waals surface area contributed by atoms with Gasteiger partial charge in [0.1, 0.15) is 22.4 Å². The molecular weight excluding hydrogens is 579 g/mol. The van der Waals surface area contributed by atoms with Crippen molar-refractivity contribution < 1.29 is 13.9 Å². The lowest BCUT2D eigenvalue weighted by molar-refractivity contribution is 0.0992. The Labute approximate surface area is 230 Å². The lowest BCUT2D eigenvalue weighted by Crippen LogP contribution is -2.12. The molecule has 2 heterocycles. The number of furan rings is 1. The van der Waals surface area contributed by atoms with Crippen LogP contribution in [0.2, 0.25) is 30.1 Å². The first kappa shape index (κ1) is 26.0. The number of anilines is 1. The third-order valence-electron chi connectivity index (χ3n) is 4.91. The van der Waals surface area contributed by atoms with Crippen molar-refractivity contribution in [1.82, 2.24) is 9.78 Å². The standard InChI is InChI=1S/C23H15Cl6N3O3/c1-11-8-16(31-32(11)9-12-4-2-3-5-14(12)24)30-23(33)15-7-6-13(35-15)10-34-22-20(28)18(26)17(25)19(27)21(22)29/h2-8H,9-10H2,1H3,(H,30,31,33). The van der Waals surface area contributed by atoms with Crippen molar-refractivity contribution in [3.05, 3.63) is 95.4 Å². The minimum absolute atomic E-state index is 0.0123. The molecule has 1 N–H and O–H groups in total. The lowest BCUT2D eigenvalue weighted by Gasteiger charge is -2.12. The number of amides is 1. The molecule has 35 heavy (non-hydrogen) atoms. The molecule has 0 bridgehead atoms. The second kappa shape index (κ2) is 10.9. The van der Waals surface area contributed by atoms with Gasteiger partial charge in [-0.1, -0.05) is 87.8 Å². The molecule has 0 saturated carbocycles. The number of halogens is 6. The number of aryl methyl sites for hydroxylation is 1. The smallest absolute Gasteiger partial charge is 0.292 e. The van der Waals surface area contributed by atoms with E-state index in [1.807, 2.05) is 31.2 Å². The Morgan fingerprint density at radius 3 is 2.31 bits per heavy atom. The Balaban J connectivity index is 1.42. The van der Waals surface area contributed by atoms with E-state index in [2.05, 4.69) is 10.4 Å². The van der Waals surface area contributed by atoms with E-state index >= 15 is 0 Å². The predicted octanol–water partition coefficient (Wildman–Crippen LogP) is 8.58. The third kappa shape index (κ3) is 5.69. The molecule has 0 unspecified atom stereocenters. The van der Waals surface area contributed by atoms with Crippen LogP contribution in [0.25, 0.3) is 0 Å². The maximum atomic E-state index is 12.7. The number of nitrogens with one attached hydrogen (secondary N) is 1. The summed E-state index contributed by atoms with van der Waals surface area (Å²) >= 11 is 36.7. The molecule has 6 nitrogen and oxygen atoms in total. The second-order valence-corrected chi connectivity index (χ2v) is 9.62. The van der Waals surface area contributed by atoms with E-state index in [1.54, 1.807) is 16.8 Å². The molecule has 0 aliphatic carbocycles. The summed E-state index contributed by atoms with van der Waals surface area (Å²) in [6, 6.07) is 12.3. The summed E-state index contributed by atoms with van der Waals surface area (Å²) in [5.74, 6) is 0.343. The summed E-state index contributed by atoms with van der Waals surface area (Å²) in [7, 11) is 0. The van der Waals surface area contributed by atoms with Crippen LogP contribution in [-0.2, 0) is 13.2 Å². The molecule has 0 spiro atoms. The lowest BCUT2D eigenvalue weighted by atomic mass is 10.2. The number of nitrogens with zero attached hydrogens (tertiary/aromatic N) is 2. The normalized spacial score (nSPS) is 11.1. The number of carbonyl (C=O) groups is 1. The molecule has 0 radical (unpaired) electrons. The van der Waals surface area contributed by atoms with Gasteiger partial charge in [-0.15, -0.1) is 0 Å². The van der Waals surface area contributed by atoms with Gasteiger partial charge in [-0.05, 0) is 30.7 Å². The number of hydrogen-bond acceptors (Lipinski definition) is 4. The molecule has 0 fully saturated rings. The van der Waals surface area contributed by atoms with Crippen molar-refractivity contribution in [2.24, 2.45) is 0 Å². The number of aromatic nitrogens is 2. The molecule has 0 aliphatic heterocycles.